The van der Waals surface area contributed by atoms with E-state index in [1.807, 2.05) is 36.4 Å². The minimum Gasteiger partial charge on any atom is -0.493 e. The predicted octanol–water partition coefficient (Wildman–Crippen LogP) is 5.08. The van der Waals surface area contributed by atoms with Gasteiger partial charge in [-0.05, 0) is 53.6 Å². The zero-order chi connectivity index (χ0) is 23.2. The quantitative estimate of drug-likeness (QED) is 0.280. The van der Waals surface area contributed by atoms with Gasteiger partial charge in [-0.3, -0.25) is 4.79 Å². The van der Waals surface area contributed by atoms with Crippen molar-refractivity contribution in [3.05, 3.63) is 88.2 Å². The first-order valence-electron chi connectivity index (χ1n) is 10.00. The van der Waals surface area contributed by atoms with E-state index in [0.29, 0.717) is 28.2 Å². The largest absolute Gasteiger partial charge is 0.493 e. The number of benzene rings is 3. The molecule has 0 fully saturated rings. The number of halogens is 2. The van der Waals surface area contributed by atoms with E-state index in [4.69, 9.17) is 32.7 Å². The molecular formula is C24H20Cl2N4O3. The minimum absolute atomic E-state index is 0.114. The van der Waals surface area contributed by atoms with Gasteiger partial charge in [-0.25, -0.2) is 10.4 Å². The van der Waals surface area contributed by atoms with Crippen LogP contribution in [0.5, 0.6) is 11.5 Å². The number of rotatable bonds is 8. The lowest BCUT2D eigenvalue weighted by Crippen LogP contribution is -2.22. The second-order valence-electron chi connectivity index (χ2n) is 7.10. The van der Waals surface area contributed by atoms with Gasteiger partial charge >= 0.3 is 0 Å². The first kappa shape index (κ1) is 22.6. The summed E-state index contributed by atoms with van der Waals surface area (Å²) in [6, 6.07) is 18.3. The Balaban J connectivity index is 1.35. The molecule has 0 saturated heterocycles. The van der Waals surface area contributed by atoms with E-state index in [0.717, 1.165) is 22.2 Å². The molecule has 7 nitrogen and oxygen atoms in total. The van der Waals surface area contributed by atoms with Crippen LogP contribution in [0.4, 0.5) is 0 Å². The summed E-state index contributed by atoms with van der Waals surface area (Å²) in [4.78, 5) is 16.5. The number of hydrazone groups is 1. The molecule has 4 aromatic rings. The Kier molecular flexibility index (Phi) is 7.12. The molecule has 0 bridgehead atoms. The number of methoxy groups -OCH3 is 1. The van der Waals surface area contributed by atoms with Gasteiger partial charge in [0.25, 0.3) is 5.91 Å². The first-order valence-corrected chi connectivity index (χ1v) is 10.8. The van der Waals surface area contributed by atoms with Gasteiger partial charge in [-0.1, -0.05) is 41.4 Å². The van der Waals surface area contributed by atoms with Gasteiger partial charge in [-0.2, -0.15) is 5.10 Å². The van der Waals surface area contributed by atoms with Crippen molar-refractivity contribution in [2.45, 2.75) is 13.2 Å². The number of para-hydroxylation sites is 2. The van der Waals surface area contributed by atoms with E-state index in [-0.39, 0.29) is 12.5 Å². The number of hydrogen-bond donors (Lipinski definition) is 1. The van der Waals surface area contributed by atoms with Crippen molar-refractivity contribution < 1.29 is 14.3 Å². The van der Waals surface area contributed by atoms with Gasteiger partial charge in [0.05, 0.1) is 40.7 Å². The Bertz CT molecular complexity index is 1320. The van der Waals surface area contributed by atoms with Crippen molar-refractivity contribution in [1.29, 1.82) is 0 Å². The fourth-order valence-electron chi connectivity index (χ4n) is 3.18. The van der Waals surface area contributed by atoms with Crippen LogP contribution in [0.25, 0.3) is 11.0 Å². The molecule has 3 aromatic carbocycles. The third-order valence-electron chi connectivity index (χ3n) is 4.81. The number of nitrogens with one attached hydrogen (secondary N) is 1. The van der Waals surface area contributed by atoms with Gasteiger partial charge in [-0.15, -0.1) is 0 Å². The first-order chi connectivity index (χ1) is 16.0. The molecule has 0 spiro atoms. The standard InChI is InChI=1S/C24H20Cl2N4O3/c1-32-23-11-16(7-9-22(23)33-14-17-6-8-18(25)19(26)10-17)12-28-29-24(31)13-30-15-27-20-4-2-3-5-21(20)30/h2-12,15H,13-14H2,1H3,(H,29,31)/b28-12+. The van der Waals surface area contributed by atoms with Crippen LogP contribution in [0.1, 0.15) is 11.1 Å². The van der Waals surface area contributed by atoms with Crippen LogP contribution in [-0.2, 0) is 17.9 Å². The molecule has 0 aliphatic heterocycles. The molecule has 1 amide bonds. The van der Waals surface area contributed by atoms with Gasteiger partial charge in [0, 0.05) is 0 Å². The maximum absolute atomic E-state index is 12.3. The number of amides is 1. The summed E-state index contributed by atoms with van der Waals surface area (Å²) in [5.41, 5.74) is 5.87. The highest BCUT2D eigenvalue weighted by molar-refractivity contribution is 6.42. The predicted molar refractivity (Wildman–Crippen MR) is 129 cm³/mol. The van der Waals surface area contributed by atoms with E-state index in [2.05, 4.69) is 15.5 Å². The highest BCUT2D eigenvalue weighted by Gasteiger charge is 2.08. The lowest BCUT2D eigenvalue weighted by molar-refractivity contribution is -0.121. The third kappa shape index (κ3) is 5.63. The van der Waals surface area contributed by atoms with E-state index < -0.39 is 0 Å². The molecule has 1 heterocycles. The summed E-state index contributed by atoms with van der Waals surface area (Å²) in [5, 5.41) is 5.00. The lowest BCUT2D eigenvalue weighted by atomic mass is 10.2. The molecule has 168 valence electrons. The summed E-state index contributed by atoms with van der Waals surface area (Å²) in [6.45, 7) is 0.419. The molecule has 0 aliphatic rings. The summed E-state index contributed by atoms with van der Waals surface area (Å²) in [7, 11) is 1.56. The lowest BCUT2D eigenvalue weighted by Gasteiger charge is -2.11. The summed E-state index contributed by atoms with van der Waals surface area (Å²) in [5.74, 6) is 0.843. The number of imidazole rings is 1. The van der Waals surface area contributed by atoms with Crippen LogP contribution < -0.4 is 14.9 Å². The van der Waals surface area contributed by atoms with Crippen molar-refractivity contribution in [2.75, 3.05) is 7.11 Å². The monoisotopic (exact) mass is 482 g/mol. The highest BCUT2D eigenvalue weighted by Crippen LogP contribution is 2.29. The van der Waals surface area contributed by atoms with E-state index in [1.165, 1.54) is 6.21 Å². The molecule has 9 heteroatoms. The molecule has 0 saturated carbocycles. The second-order valence-corrected chi connectivity index (χ2v) is 7.92. The maximum atomic E-state index is 12.3. The van der Waals surface area contributed by atoms with Crippen molar-refractivity contribution >= 4 is 46.4 Å². The van der Waals surface area contributed by atoms with Crippen LogP contribution in [-0.4, -0.2) is 28.8 Å². The smallest absolute Gasteiger partial charge is 0.260 e. The Labute approximate surface area is 200 Å². The zero-order valence-corrected chi connectivity index (χ0v) is 19.2. The number of carbonyl (C=O) groups is 1. The molecule has 1 aromatic heterocycles. The van der Waals surface area contributed by atoms with Crippen LogP contribution >= 0.6 is 23.2 Å². The van der Waals surface area contributed by atoms with E-state index in [9.17, 15) is 4.79 Å². The fraction of sp³-hybridized carbons (Fsp3) is 0.125. The average molecular weight is 483 g/mol. The van der Waals surface area contributed by atoms with Crippen molar-refractivity contribution in [2.24, 2.45) is 5.10 Å². The highest BCUT2D eigenvalue weighted by atomic mass is 35.5. The molecule has 33 heavy (non-hydrogen) atoms. The van der Waals surface area contributed by atoms with Gasteiger partial charge in [0.15, 0.2) is 11.5 Å². The third-order valence-corrected chi connectivity index (χ3v) is 5.55. The van der Waals surface area contributed by atoms with Crippen LogP contribution in [0, 0.1) is 0 Å². The van der Waals surface area contributed by atoms with Gasteiger partial charge in [0.2, 0.25) is 0 Å². The maximum Gasteiger partial charge on any atom is 0.260 e. The number of nitrogens with zero attached hydrogens (tertiary/aromatic N) is 3. The molecular weight excluding hydrogens is 463 g/mol. The average Bonchev–Trinajstić information content (AvgIpc) is 3.23. The molecule has 0 unspecified atom stereocenters. The fourth-order valence-corrected chi connectivity index (χ4v) is 3.50. The number of ether oxygens (including phenoxy) is 2. The number of hydrogen-bond acceptors (Lipinski definition) is 5. The Morgan fingerprint density at radius 1 is 1.09 bits per heavy atom. The zero-order valence-electron chi connectivity index (χ0n) is 17.7. The number of carbonyl (C=O) groups excluding carboxylic acids is 1. The van der Waals surface area contributed by atoms with Crippen molar-refractivity contribution in [1.82, 2.24) is 15.0 Å². The van der Waals surface area contributed by atoms with Crippen molar-refractivity contribution in [3.63, 3.8) is 0 Å². The molecule has 0 radical (unpaired) electrons. The summed E-state index contributed by atoms with van der Waals surface area (Å²) in [6.07, 6.45) is 3.17. The SMILES string of the molecule is COc1cc(/C=N/NC(=O)Cn2cnc3ccccc32)ccc1OCc1ccc(Cl)c(Cl)c1. The van der Waals surface area contributed by atoms with Crippen molar-refractivity contribution in [3.8, 4) is 11.5 Å². The van der Waals surface area contributed by atoms with Gasteiger partial charge < -0.3 is 14.0 Å². The van der Waals surface area contributed by atoms with Crippen LogP contribution in [0.2, 0.25) is 10.0 Å². The topological polar surface area (TPSA) is 77.7 Å². The summed E-state index contributed by atoms with van der Waals surface area (Å²) >= 11 is 12.0. The normalized spacial score (nSPS) is 11.1. The number of aromatic nitrogens is 2. The Morgan fingerprint density at radius 2 is 1.94 bits per heavy atom. The molecule has 0 aliphatic carbocycles. The molecule has 0 atom stereocenters. The second kappa shape index (κ2) is 10.4. The molecule has 1 N–H and O–H groups in total. The minimum atomic E-state index is -0.261. The van der Waals surface area contributed by atoms with Gasteiger partial charge in [0.1, 0.15) is 13.2 Å². The van der Waals surface area contributed by atoms with E-state index in [1.54, 1.807) is 42.3 Å². The van der Waals surface area contributed by atoms with E-state index >= 15 is 0 Å². The Hall–Kier alpha value is -3.55. The molecule has 4 rings (SSSR count). The van der Waals surface area contributed by atoms with Crippen LogP contribution in [0.15, 0.2) is 72.1 Å². The van der Waals surface area contributed by atoms with Crippen LogP contribution in [0.3, 0.4) is 0 Å². The summed E-state index contributed by atoms with van der Waals surface area (Å²) < 4.78 is 13.0. The Morgan fingerprint density at radius 3 is 2.76 bits per heavy atom. The number of fused-ring (bicyclic) bond motifs is 1.